The van der Waals surface area contributed by atoms with Gasteiger partial charge in [0.2, 0.25) is 0 Å². The van der Waals surface area contributed by atoms with Crippen molar-refractivity contribution in [2.24, 2.45) is 0 Å². The van der Waals surface area contributed by atoms with Gasteiger partial charge in [0.15, 0.2) is 0 Å². The molecule has 1 N–H and O–H groups in total. The second kappa shape index (κ2) is 5.45. The fraction of sp³-hybridized carbons (Fsp3) is 0.471. The number of hydrogen-bond donors (Lipinski definition) is 1. The number of benzene rings is 1. The molecule has 1 fully saturated rings. The first kappa shape index (κ1) is 14.4. The summed E-state index contributed by atoms with van der Waals surface area (Å²) in [6.07, 6.45) is 2.25. The highest BCUT2D eigenvalue weighted by Gasteiger charge is 2.30. The highest BCUT2D eigenvalue weighted by Crippen LogP contribution is 2.33. The second-order valence-corrected chi connectivity index (χ2v) is 6.45. The molecule has 0 saturated carbocycles. The first-order valence-electron chi connectivity index (χ1n) is 8.11. The largest absolute Gasteiger partial charge is 0.341 e. The fourth-order valence-electron chi connectivity index (χ4n) is 3.50. The molecule has 1 aliphatic rings. The summed E-state index contributed by atoms with van der Waals surface area (Å²) in [5.74, 6) is 1.01. The predicted octanol–water partition coefficient (Wildman–Crippen LogP) is 3.21. The Morgan fingerprint density at radius 3 is 2.91 bits per heavy atom. The lowest BCUT2D eigenvalue weighted by molar-refractivity contribution is 0.227. The predicted molar refractivity (Wildman–Crippen MR) is 87.0 cm³/mol. The van der Waals surface area contributed by atoms with Crippen LogP contribution < -0.4 is 0 Å². The van der Waals surface area contributed by atoms with Gasteiger partial charge in [0.25, 0.3) is 0 Å². The molecule has 120 valence electrons. The van der Waals surface area contributed by atoms with Gasteiger partial charge in [0, 0.05) is 0 Å². The van der Waals surface area contributed by atoms with E-state index in [4.69, 9.17) is 9.61 Å². The number of H-pyrrole nitrogens is 1. The lowest BCUT2D eigenvalue weighted by atomic mass is 10.1. The second-order valence-electron chi connectivity index (χ2n) is 6.45. The van der Waals surface area contributed by atoms with Crippen LogP contribution in [-0.4, -0.2) is 31.7 Å². The number of fused-ring (bicyclic) bond motifs is 1. The molecule has 1 unspecified atom stereocenters. The number of aromatic amines is 1. The zero-order valence-corrected chi connectivity index (χ0v) is 13.8. The van der Waals surface area contributed by atoms with Gasteiger partial charge in [0.1, 0.15) is 17.2 Å². The summed E-state index contributed by atoms with van der Waals surface area (Å²) in [4.78, 5) is 10.7. The average Bonchev–Trinajstić information content (AvgIpc) is 3.23. The molecule has 0 bridgehead atoms. The quantitative estimate of drug-likeness (QED) is 0.804. The minimum Gasteiger partial charge on any atom is -0.341 e. The maximum Gasteiger partial charge on any atom is 0.125 e. The Morgan fingerprint density at radius 1 is 1.26 bits per heavy atom. The molecule has 1 aromatic carbocycles. The topological polar surface area (TPSA) is 70.8 Å². The van der Waals surface area contributed by atoms with Crippen molar-refractivity contribution in [2.45, 2.75) is 46.2 Å². The van der Waals surface area contributed by atoms with Gasteiger partial charge in [-0.2, -0.15) is 0 Å². The van der Waals surface area contributed by atoms with E-state index < -0.39 is 0 Å². The lowest BCUT2D eigenvalue weighted by Gasteiger charge is -2.21. The average molecular weight is 311 g/mol. The molecular formula is C17H21N5O. The van der Waals surface area contributed by atoms with E-state index in [0.29, 0.717) is 0 Å². The Kier molecular flexibility index (Phi) is 3.41. The molecule has 6 heteroatoms. The molecule has 0 spiro atoms. The van der Waals surface area contributed by atoms with E-state index in [-0.39, 0.29) is 6.04 Å². The van der Waals surface area contributed by atoms with Crippen molar-refractivity contribution in [3.8, 4) is 0 Å². The zero-order chi connectivity index (χ0) is 16.0. The lowest BCUT2D eigenvalue weighted by Crippen LogP contribution is -2.24. The standard InChI is InChI=1S/C17H21N5O/c1-10-6-7-13-16(11(10)2)19-15(18-13)9-22-8-4-5-14(22)17-12(3)20-23-21-17/h6-7,14H,4-5,8-9H2,1-3H3,(H,18,19). The van der Waals surface area contributed by atoms with Gasteiger partial charge in [-0.1, -0.05) is 16.4 Å². The van der Waals surface area contributed by atoms with Crippen molar-refractivity contribution < 1.29 is 4.63 Å². The van der Waals surface area contributed by atoms with Gasteiger partial charge in [-0.3, -0.25) is 4.90 Å². The third-order valence-electron chi connectivity index (χ3n) is 4.95. The van der Waals surface area contributed by atoms with Crippen LogP contribution in [0.1, 0.15) is 47.2 Å². The summed E-state index contributed by atoms with van der Waals surface area (Å²) in [6.45, 7) is 8.05. The van der Waals surface area contributed by atoms with E-state index in [0.717, 1.165) is 54.2 Å². The van der Waals surface area contributed by atoms with Gasteiger partial charge in [-0.05, 0) is 57.4 Å². The van der Waals surface area contributed by atoms with Gasteiger partial charge in [-0.15, -0.1) is 0 Å². The Hall–Kier alpha value is -2.21. The van der Waals surface area contributed by atoms with Crippen LogP contribution in [0.4, 0.5) is 0 Å². The van der Waals surface area contributed by atoms with Gasteiger partial charge >= 0.3 is 0 Å². The number of aromatic nitrogens is 4. The van der Waals surface area contributed by atoms with Crippen molar-refractivity contribution in [3.05, 3.63) is 40.5 Å². The molecule has 0 radical (unpaired) electrons. The molecule has 3 aromatic rings. The molecule has 6 nitrogen and oxygen atoms in total. The minimum atomic E-state index is 0.275. The maximum absolute atomic E-state index is 4.88. The smallest absolute Gasteiger partial charge is 0.125 e. The number of nitrogens with one attached hydrogen (secondary N) is 1. The van der Waals surface area contributed by atoms with Crippen molar-refractivity contribution in [1.82, 2.24) is 25.2 Å². The van der Waals surface area contributed by atoms with Crippen molar-refractivity contribution >= 4 is 11.0 Å². The number of aryl methyl sites for hydroxylation is 3. The van der Waals surface area contributed by atoms with Crippen LogP contribution in [0.3, 0.4) is 0 Å². The van der Waals surface area contributed by atoms with E-state index in [9.17, 15) is 0 Å². The summed E-state index contributed by atoms with van der Waals surface area (Å²) in [5, 5.41) is 8.02. The summed E-state index contributed by atoms with van der Waals surface area (Å²) in [5.41, 5.74) is 6.56. The molecule has 1 aliphatic heterocycles. The Bertz CT molecular complexity index is 850. The van der Waals surface area contributed by atoms with E-state index >= 15 is 0 Å². The summed E-state index contributed by atoms with van der Waals surface area (Å²) in [6, 6.07) is 4.53. The molecule has 1 saturated heterocycles. The molecule has 1 atom stereocenters. The monoisotopic (exact) mass is 311 g/mol. The molecular weight excluding hydrogens is 290 g/mol. The maximum atomic E-state index is 4.88. The number of likely N-dealkylation sites (tertiary alicyclic amines) is 1. The highest BCUT2D eigenvalue weighted by molar-refractivity contribution is 5.79. The highest BCUT2D eigenvalue weighted by atomic mass is 16.6. The summed E-state index contributed by atoms with van der Waals surface area (Å²) < 4.78 is 4.88. The zero-order valence-electron chi connectivity index (χ0n) is 13.8. The fourth-order valence-corrected chi connectivity index (χ4v) is 3.50. The number of hydrogen-bond acceptors (Lipinski definition) is 5. The summed E-state index contributed by atoms with van der Waals surface area (Å²) >= 11 is 0. The molecule has 0 amide bonds. The van der Waals surface area contributed by atoms with E-state index in [1.807, 2.05) is 6.92 Å². The Morgan fingerprint density at radius 2 is 2.13 bits per heavy atom. The first-order chi connectivity index (χ1) is 11.1. The van der Waals surface area contributed by atoms with Crippen molar-refractivity contribution in [1.29, 1.82) is 0 Å². The summed E-state index contributed by atoms with van der Waals surface area (Å²) in [7, 11) is 0. The normalized spacial score (nSPS) is 19.0. The Balaban J connectivity index is 1.62. The van der Waals surface area contributed by atoms with Crippen molar-refractivity contribution in [2.75, 3.05) is 6.54 Å². The molecule has 23 heavy (non-hydrogen) atoms. The Labute approximate surface area is 134 Å². The molecule has 0 aliphatic carbocycles. The van der Waals surface area contributed by atoms with Crippen LogP contribution in [0, 0.1) is 20.8 Å². The SMILES string of the molecule is Cc1ccc2[nH]c(CN3CCCC3c3nonc3C)nc2c1C. The van der Waals surface area contributed by atoms with Gasteiger partial charge in [0.05, 0.1) is 23.6 Å². The van der Waals surface area contributed by atoms with Crippen LogP contribution in [0.25, 0.3) is 11.0 Å². The van der Waals surface area contributed by atoms with Crippen LogP contribution >= 0.6 is 0 Å². The molecule has 4 rings (SSSR count). The van der Waals surface area contributed by atoms with E-state index in [1.165, 1.54) is 11.1 Å². The number of imidazole rings is 1. The van der Waals surface area contributed by atoms with Gasteiger partial charge < -0.3 is 4.98 Å². The van der Waals surface area contributed by atoms with Crippen LogP contribution in [-0.2, 0) is 6.54 Å². The third-order valence-corrected chi connectivity index (χ3v) is 4.95. The molecule has 3 heterocycles. The van der Waals surface area contributed by atoms with Crippen molar-refractivity contribution in [3.63, 3.8) is 0 Å². The number of rotatable bonds is 3. The van der Waals surface area contributed by atoms with Crippen LogP contribution in [0.15, 0.2) is 16.8 Å². The first-order valence-corrected chi connectivity index (χ1v) is 8.11. The van der Waals surface area contributed by atoms with Crippen LogP contribution in [0.5, 0.6) is 0 Å². The molecule has 2 aromatic heterocycles. The minimum absolute atomic E-state index is 0.275. The number of nitrogens with zero attached hydrogens (tertiary/aromatic N) is 4. The van der Waals surface area contributed by atoms with Crippen LogP contribution in [0.2, 0.25) is 0 Å². The van der Waals surface area contributed by atoms with E-state index in [2.05, 4.69) is 46.2 Å². The third kappa shape index (κ3) is 2.43. The van der Waals surface area contributed by atoms with E-state index in [1.54, 1.807) is 0 Å². The van der Waals surface area contributed by atoms with Gasteiger partial charge in [-0.25, -0.2) is 9.61 Å².